The fourth-order valence-electron chi connectivity index (χ4n) is 3.18. The molecule has 1 heterocycles. The molecule has 1 N–H and O–H groups in total. The zero-order chi connectivity index (χ0) is 11.4. The molecule has 0 radical (unpaired) electrons. The predicted octanol–water partition coefficient (Wildman–Crippen LogP) is 2.03. The summed E-state index contributed by atoms with van der Waals surface area (Å²) in [5.41, 5.74) is -0.328. The van der Waals surface area contributed by atoms with Crippen molar-refractivity contribution >= 4 is 0 Å². The van der Waals surface area contributed by atoms with Crippen molar-refractivity contribution in [3.8, 4) is 11.8 Å². The lowest BCUT2D eigenvalue weighted by molar-refractivity contribution is -0.0948. The number of rotatable bonds is 2. The number of aliphatic hydroxyl groups is 1. The van der Waals surface area contributed by atoms with Crippen molar-refractivity contribution in [1.29, 1.82) is 0 Å². The lowest BCUT2D eigenvalue weighted by Crippen LogP contribution is -2.53. The van der Waals surface area contributed by atoms with Crippen LogP contribution < -0.4 is 0 Å². The Balaban J connectivity index is 1.86. The molecule has 1 aliphatic heterocycles. The minimum absolute atomic E-state index is 0.328. The number of nitrogens with zero attached hydrogens (tertiary/aromatic N) is 1. The highest BCUT2D eigenvalue weighted by molar-refractivity contribution is 4.98. The Bertz CT molecular complexity index is 291. The van der Waals surface area contributed by atoms with Gasteiger partial charge in [0.15, 0.2) is 0 Å². The standard InChI is InChI=1S/C14H23NO/c1-2-3-6-10-15-11-9-14(16)8-5-4-7-13(14)12-15/h13,16H,4-12H2,1H3. The van der Waals surface area contributed by atoms with E-state index in [1.807, 2.05) is 6.92 Å². The van der Waals surface area contributed by atoms with E-state index in [2.05, 4.69) is 16.7 Å². The molecule has 1 saturated heterocycles. The first-order valence-electron chi connectivity index (χ1n) is 6.59. The second-order valence-electron chi connectivity index (χ2n) is 5.27. The summed E-state index contributed by atoms with van der Waals surface area (Å²) in [7, 11) is 0. The molecule has 2 heteroatoms. The van der Waals surface area contributed by atoms with Gasteiger partial charge >= 0.3 is 0 Å². The summed E-state index contributed by atoms with van der Waals surface area (Å²) in [5.74, 6) is 6.59. The molecule has 2 atom stereocenters. The molecule has 1 saturated carbocycles. The van der Waals surface area contributed by atoms with Crippen LogP contribution in [0.25, 0.3) is 0 Å². The highest BCUT2D eigenvalue weighted by Gasteiger charge is 2.42. The largest absolute Gasteiger partial charge is 0.390 e. The van der Waals surface area contributed by atoms with Crippen molar-refractivity contribution in [2.45, 2.75) is 51.0 Å². The minimum Gasteiger partial charge on any atom is -0.390 e. The average Bonchev–Trinajstić information content (AvgIpc) is 2.29. The SMILES string of the molecule is CC#CCCN1CCC2(O)CCCCC2C1. The van der Waals surface area contributed by atoms with Crippen molar-refractivity contribution in [1.82, 2.24) is 4.90 Å². The number of piperidine rings is 1. The Labute approximate surface area is 99.0 Å². The van der Waals surface area contributed by atoms with Gasteiger partial charge in [-0.1, -0.05) is 12.8 Å². The summed E-state index contributed by atoms with van der Waals surface area (Å²) in [4.78, 5) is 2.48. The zero-order valence-corrected chi connectivity index (χ0v) is 10.3. The lowest BCUT2D eigenvalue weighted by atomic mass is 9.71. The number of fused-ring (bicyclic) bond motifs is 1. The van der Waals surface area contributed by atoms with Gasteiger partial charge in [0.1, 0.15) is 0 Å². The van der Waals surface area contributed by atoms with E-state index in [1.54, 1.807) is 0 Å². The topological polar surface area (TPSA) is 23.5 Å². The molecule has 16 heavy (non-hydrogen) atoms. The third-order valence-electron chi connectivity index (χ3n) is 4.24. The van der Waals surface area contributed by atoms with E-state index in [4.69, 9.17) is 0 Å². The van der Waals surface area contributed by atoms with E-state index in [-0.39, 0.29) is 5.60 Å². The van der Waals surface area contributed by atoms with E-state index < -0.39 is 0 Å². The van der Waals surface area contributed by atoms with Gasteiger partial charge in [-0.25, -0.2) is 0 Å². The van der Waals surface area contributed by atoms with Crippen molar-refractivity contribution in [2.24, 2.45) is 5.92 Å². The molecule has 0 spiro atoms. The predicted molar refractivity (Wildman–Crippen MR) is 66.0 cm³/mol. The molecule has 0 bridgehead atoms. The van der Waals surface area contributed by atoms with Gasteiger partial charge in [0, 0.05) is 32.0 Å². The maximum absolute atomic E-state index is 10.5. The van der Waals surface area contributed by atoms with Crippen LogP contribution >= 0.6 is 0 Å². The first-order chi connectivity index (χ1) is 7.74. The molecule has 2 rings (SSSR count). The third kappa shape index (κ3) is 2.59. The molecule has 2 nitrogen and oxygen atoms in total. The number of hydrogen-bond acceptors (Lipinski definition) is 2. The molecule has 2 unspecified atom stereocenters. The second-order valence-corrected chi connectivity index (χ2v) is 5.27. The Morgan fingerprint density at radius 3 is 3.06 bits per heavy atom. The molecule has 0 aromatic carbocycles. The number of hydrogen-bond donors (Lipinski definition) is 1. The molecular weight excluding hydrogens is 198 g/mol. The third-order valence-corrected chi connectivity index (χ3v) is 4.24. The maximum atomic E-state index is 10.5. The Morgan fingerprint density at radius 1 is 1.38 bits per heavy atom. The fourth-order valence-corrected chi connectivity index (χ4v) is 3.18. The van der Waals surface area contributed by atoms with Crippen LogP contribution in [0.4, 0.5) is 0 Å². The Kier molecular flexibility index (Phi) is 3.89. The quantitative estimate of drug-likeness (QED) is 0.721. The minimum atomic E-state index is -0.328. The maximum Gasteiger partial charge on any atom is 0.0700 e. The van der Waals surface area contributed by atoms with Crippen LogP contribution in [-0.2, 0) is 0 Å². The first kappa shape index (κ1) is 12.0. The Hall–Kier alpha value is -0.520. The summed E-state index contributed by atoms with van der Waals surface area (Å²) in [6, 6.07) is 0. The lowest BCUT2D eigenvalue weighted by Gasteiger charge is -2.47. The second kappa shape index (κ2) is 5.21. The van der Waals surface area contributed by atoms with Crippen molar-refractivity contribution < 1.29 is 5.11 Å². The summed E-state index contributed by atoms with van der Waals surface area (Å²) in [5, 5.41) is 10.5. The normalized spacial score (nSPS) is 35.0. The van der Waals surface area contributed by atoms with Crippen LogP contribution in [0.1, 0.15) is 45.4 Å². The molecule has 1 aliphatic carbocycles. The van der Waals surface area contributed by atoms with E-state index in [9.17, 15) is 5.11 Å². The van der Waals surface area contributed by atoms with Crippen molar-refractivity contribution in [2.75, 3.05) is 19.6 Å². The smallest absolute Gasteiger partial charge is 0.0700 e. The van der Waals surface area contributed by atoms with Gasteiger partial charge < -0.3 is 10.0 Å². The van der Waals surface area contributed by atoms with Gasteiger partial charge in [0.2, 0.25) is 0 Å². The highest BCUT2D eigenvalue weighted by Crippen LogP contribution is 2.39. The number of likely N-dealkylation sites (tertiary alicyclic amines) is 1. The summed E-state index contributed by atoms with van der Waals surface area (Å²) < 4.78 is 0. The fraction of sp³-hybridized carbons (Fsp3) is 0.857. The monoisotopic (exact) mass is 221 g/mol. The van der Waals surface area contributed by atoms with Gasteiger partial charge in [-0.05, 0) is 26.2 Å². The first-order valence-corrected chi connectivity index (χ1v) is 6.59. The van der Waals surface area contributed by atoms with E-state index in [1.165, 1.54) is 19.3 Å². The molecule has 0 amide bonds. The van der Waals surface area contributed by atoms with E-state index >= 15 is 0 Å². The molecular formula is C14H23NO. The zero-order valence-electron chi connectivity index (χ0n) is 10.3. The average molecular weight is 221 g/mol. The van der Waals surface area contributed by atoms with Crippen LogP contribution in [0.3, 0.4) is 0 Å². The van der Waals surface area contributed by atoms with Crippen LogP contribution in [0.15, 0.2) is 0 Å². The van der Waals surface area contributed by atoms with Crippen LogP contribution in [0.2, 0.25) is 0 Å². The summed E-state index contributed by atoms with van der Waals surface area (Å²) in [6.07, 6.45) is 6.70. The van der Waals surface area contributed by atoms with Gasteiger partial charge in [0.25, 0.3) is 0 Å². The summed E-state index contributed by atoms with van der Waals surface area (Å²) in [6.45, 7) is 5.11. The van der Waals surface area contributed by atoms with Crippen molar-refractivity contribution in [3.63, 3.8) is 0 Å². The van der Waals surface area contributed by atoms with E-state index in [0.29, 0.717) is 5.92 Å². The van der Waals surface area contributed by atoms with Crippen LogP contribution in [-0.4, -0.2) is 35.2 Å². The summed E-state index contributed by atoms with van der Waals surface area (Å²) >= 11 is 0. The van der Waals surface area contributed by atoms with E-state index in [0.717, 1.165) is 38.9 Å². The molecule has 0 aromatic heterocycles. The van der Waals surface area contributed by atoms with Gasteiger partial charge in [0.05, 0.1) is 5.60 Å². The molecule has 90 valence electrons. The molecule has 2 fully saturated rings. The van der Waals surface area contributed by atoms with Gasteiger partial charge in [-0.2, -0.15) is 0 Å². The molecule has 0 aromatic rings. The van der Waals surface area contributed by atoms with Crippen molar-refractivity contribution in [3.05, 3.63) is 0 Å². The van der Waals surface area contributed by atoms with Crippen LogP contribution in [0, 0.1) is 17.8 Å². The highest BCUT2D eigenvalue weighted by atomic mass is 16.3. The van der Waals surface area contributed by atoms with Gasteiger partial charge in [-0.15, -0.1) is 11.8 Å². The Morgan fingerprint density at radius 2 is 2.25 bits per heavy atom. The van der Waals surface area contributed by atoms with Gasteiger partial charge in [-0.3, -0.25) is 0 Å². The van der Waals surface area contributed by atoms with Crippen LogP contribution in [0.5, 0.6) is 0 Å². The molecule has 2 aliphatic rings.